The molecule has 1 heterocycles. The molecule has 152 valence electrons. The van der Waals surface area contributed by atoms with Crippen molar-refractivity contribution in [3.05, 3.63) is 40.8 Å². The Morgan fingerprint density at radius 2 is 1.89 bits per heavy atom. The number of methoxy groups -OCH3 is 1. The van der Waals surface area contributed by atoms with Crippen molar-refractivity contribution in [2.75, 3.05) is 7.11 Å². The summed E-state index contributed by atoms with van der Waals surface area (Å²) in [7, 11) is 1.48. The van der Waals surface area contributed by atoms with E-state index in [0.29, 0.717) is 17.3 Å². The predicted octanol–water partition coefficient (Wildman–Crippen LogP) is 2.95. The minimum Gasteiger partial charge on any atom is -0.493 e. The van der Waals surface area contributed by atoms with Crippen LogP contribution >= 0.6 is 0 Å². The third-order valence-electron chi connectivity index (χ3n) is 4.04. The van der Waals surface area contributed by atoms with Gasteiger partial charge in [-0.15, -0.1) is 0 Å². The average molecular weight is 390 g/mol. The van der Waals surface area contributed by atoms with Crippen LogP contribution in [0.15, 0.2) is 22.7 Å². The van der Waals surface area contributed by atoms with Crippen LogP contribution in [-0.2, 0) is 16.1 Å². The number of ether oxygens (including phenoxy) is 3. The van der Waals surface area contributed by atoms with Crippen molar-refractivity contribution >= 4 is 11.9 Å². The number of aromatic nitrogens is 1. The number of benzene rings is 1. The molecule has 2 aromatic rings. The first-order valence-electron chi connectivity index (χ1n) is 8.96. The number of hydrogen-bond acceptors (Lipinski definition) is 7. The second-order valence-electron chi connectivity index (χ2n) is 6.67. The molecule has 0 saturated carbocycles. The first-order valence-corrected chi connectivity index (χ1v) is 8.96. The van der Waals surface area contributed by atoms with E-state index in [-0.39, 0.29) is 24.1 Å². The number of carbonyl (C=O) groups excluding carboxylic acids is 2. The lowest BCUT2D eigenvalue weighted by Crippen LogP contribution is -2.39. The fraction of sp³-hybridized carbons (Fsp3) is 0.450. The Kier molecular flexibility index (Phi) is 7.03. The van der Waals surface area contributed by atoms with E-state index < -0.39 is 12.1 Å². The highest BCUT2D eigenvalue weighted by molar-refractivity contribution is 5.92. The molecule has 1 amide bonds. The summed E-state index contributed by atoms with van der Waals surface area (Å²) in [6.45, 7) is 9.09. The highest BCUT2D eigenvalue weighted by Crippen LogP contribution is 2.30. The molecule has 1 aromatic heterocycles. The topological polar surface area (TPSA) is 99.9 Å². The Labute approximate surface area is 164 Å². The molecule has 0 aliphatic carbocycles. The Hall–Kier alpha value is -3.03. The number of carbonyl (C=O) groups is 2. The molecule has 1 atom stereocenters. The number of esters is 1. The normalized spacial score (nSPS) is 11.8. The molecule has 1 aromatic carbocycles. The maximum atomic E-state index is 12.3. The quantitative estimate of drug-likeness (QED) is 0.692. The molecule has 0 radical (unpaired) electrons. The zero-order valence-electron chi connectivity index (χ0n) is 17.0. The molecule has 0 aliphatic heterocycles. The molecule has 0 saturated heterocycles. The fourth-order valence-corrected chi connectivity index (χ4v) is 2.46. The lowest BCUT2D eigenvalue weighted by Gasteiger charge is -2.16. The third kappa shape index (κ3) is 5.25. The lowest BCUT2D eigenvalue weighted by molar-refractivity contribution is -0.129. The van der Waals surface area contributed by atoms with Gasteiger partial charge in [-0.05, 0) is 52.8 Å². The van der Waals surface area contributed by atoms with Gasteiger partial charge in [0, 0.05) is 6.04 Å². The molecule has 0 aliphatic rings. The maximum Gasteiger partial charge on any atom is 0.339 e. The van der Waals surface area contributed by atoms with Crippen LogP contribution in [0, 0.1) is 13.8 Å². The van der Waals surface area contributed by atoms with Crippen molar-refractivity contribution in [2.45, 2.75) is 53.4 Å². The zero-order valence-corrected chi connectivity index (χ0v) is 17.0. The van der Waals surface area contributed by atoms with Crippen molar-refractivity contribution in [3.63, 3.8) is 0 Å². The van der Waals surface area contributed by atoms with Crippen LogP contribution in [-0.4, -0.2) is 36.3 Å². The summed E-state index contributed by atoms with van der Waals surface area (Å²) in [5.41, 5.74) is 1.87. The number of rotatable bonds is 8. The summed E-state index contributed by atoms with van der Waals surface area (Å²) in [5.74, 6) is 0.548. The standard InChI is InChI=1S/C20H26N2O6/c1-11(2)21-19(23)14(5)27-20(24)15-7-8-17(18(9-15)25-6)26-10-16-12(3)22-28-13(16)4/h7-9,11,14H,10H2,1-6H3,(H,21,23)/t14-/m1/s1. The van der Waals surface area contributed by atoms with Crippen LogP contribution in [0.3, 0.4) is 0 Å². The van der Waals surface area contributed by atoms with Crippen molar-refractivity contribution in [1.29, 1.82) is 0 Å². The molecule has 8 nitrogen and oxygen atoms in total. The van der Waals surface area contributed by atoms with Gasteiger partial charge in [0.25, 0.3) is 5.91 Å². The van der Waals surface area contributed by atoms with Crippen molar-refractivity contribution in [1.82, 2.24) is 10.5 Å². The van der Waals surface area contributed by atoms with Gasteiger partial charge in [0.05, 0.1) is 23.9 Å². The maximum absolute atomic E-state index is 12.3. The van der Waals surface area contributed by atoms with E-state index in [1.54, 1.807) is 12.1 Å². The summed E-state index contributed by atoms with van der Waals surface area (Å²) in [6, 6.07) is 4.65. The Bertz CT molecular complexity index is 824. The monoisotopic (exact) mass is 390 g/mol. The molecule has 2 rings (SSSR count). The number of hydrogen-bond donors (Lipinski definition) is 1. The summed E-state index contributed by atoms with van der Waals surface area (Å²) < 4.78 is 21.4. The second-order valence-corrected chi connectivity index (χ2v) is 6.67. The van der Waals surface area contributed by atoms with Crippen molar-refractivity contribution in [2.24, 2.45) is 0 Å². The third-order valence-corrected chi connectivity index (χ3v) is 4.04. The molecular weight excluding hydrogens is 364 g/mol. The largest absolute Gasteiger partial charge is 0.493 e. The fourth-order valence-electron chi connectivity index (χ4n) is 2.46. The van der Waals surface area contributed by atoms with Crippen LogP contribution in [0.2, 0.25) is 0 Å². The molecule has 0 spiro atoms. The van der Waals surface area contributed by atoms with Gasteiger partial charge in [0.15, 0.2) is 17.6 Å². The van der Waals surface area contributed by atoms with Gasteiger partial charge in [-0.25, -0.2) is 4.79 Å². The number of nitrogens with one attached hydrogen (secondary N) is 1. The van der Waals surface area contributed by atoms with Crippen LogP contribution < -0.4 is 14.8 Å². The van der Waals surface area contributed by atoms with E-state index in [2.05, 4.69) is 10.5 Å². The first-order chi connectivity index (χ1) is 13.2. The van der Waals surface area contributed by atoms with E-state index in [1.165, 1.54) is 20.1 Å². The second kappa shape index (κ2) is 9.25. The van der Waals surface area contributed by atoms with Crippen LogP contribution in [0.25, 0.3) is 0 Å². The Morgan fingerprint density at radius 3 is 2.46 bits per heavy atom. The summed E-state index contributed by atoms with van der Waals surface area (Å²) in [4.78, 5) is 24.2. The van der Waals surface area contributed by atoms with E-state index in [1.807, 2.05) is 27.7 Å². The van der Waals surface area contributed by atoms with Gasteiger partial charge in [-0.2, -0.15) is 0 Å². The van der Waals surface area contributed by atoms with Crippen molar-refractivity contribution < 1.29 is 28.3 Å². The predicted molar refractivity (Wildman–Crippen MR) is 101 cm³/mol. The summed E-state index contributed by atoms with van der Waals surface area (Å²) in [6.07, 6.45) is -0.906. The average Bonchev–Trinajstić information content (AvgIpc) is 2.97. The minimum absolute atomic E-state index is 0.0390. The highest BCUT2D eigenvalue weighted by atomic mass is 16.5. The first kappa shape index (κ1) is 21.3. The van der Waals surface area contributed by atoms with Gasteiger partial charge in [0.1, 0.15) is 12.4 Å². The van der Waals surface area contributed by atoms with E-state index >= 15 is 0 Å². The number of amides is 1. The van der Waals surface area contributed by atoms with E-state index in [9.17, 15) is 9.59 Å². The molecule has 0 bridgehead atoms. The van der Waals surface area contributed by atoms with Gasteiger partial charge >= 0.3 is 5.97 Å². The Morgan fingerprint density at radius 1 is 1.18 bits per heavy atom. The molecule has 1 N–H and O–H groups in total. The minimum atomic E-state index is -0.906. The van der Waals surface area contributed by atoms with Gasteiger partial charge in [0.2, 0.25) is 0 Å². The van der Waals surface area contributed by atoms with Crippen LogP contribution in [0.1, 0.15) is 48.1 Å². The van der Waals surface area contributed by atoms with Gasteiger partial charge in [-0.1, -0.05) is 5.16 Å². The van der Waals surface area contributed by atoms with Gasteiger partial charge < -0.3 is 24.1 Å². The summed E-state index contributed by atoms with van der Waals surface area (Å²) >= 11 is 0. The summed E-state index contributed by atoms with van der Waals surface area (Å²) in [5, 5.41) is 6.58. The van der Waals surface area contributed by atoms with Gasteiger partial charge in [-0.3, -0.25) is 4.79 Å². The molecule has 0 fully saturated rings. The molecule has 0 unspecified atom stereocenters. The van der Waals surface area contributed by atoms with Crippen molar-refractivity contribution in [3.8, 4) is 11.5 Å². The lowest BCUT2D eigenvalue weighted by atomic mass is 10.2. The van der Waals surface area contributed by atoms with Crippen LogP contribution in [0.4, 0.5) is 0 Å². The molecule has 28 heavy (non-hydrogen) atoms. The number of aryl methyl sites for hydroxylation is 2. The van der Waals surface area contributed by atoms with Crippen LogP contribution in [0.5, 0.6) is 11.5 Å². The zero-order chi connectivity index (χ0) is 20.8. The number of nitrogens with zero attached hydrogens (tertiary/aromatic N) is 1. The molecular formula is C20H26N2O6. The SMILES string of the molecule is COc1cc(C(=O)O[C@H](C)C(=O)NC(C)C)ccc1OCc1c(C)noc1C. The van der Waals surface area contributed by atoms with E-state index in [4.69, 9.17) is 18.7 Å². The highest BCUT2D eigenvalue weighted by Gasteiger charge is 2.21. The van der Waals surface area contributed by atoms with E-state index in [0.717, 1.165) is 11.3 Å². The Balaban J connectivity index is 2.07. The smallest absolute Gasteiger partial charge is 0.339 e. The molecule has 8 heteroatoms.